The number of carboxylic acids is 1. The Morgan fingerprint density at radius 1 is 0.667 bits per heavy atom. The summed E-state index contributed by atoms with van der Waals surface area (Å²) in [6.07, 6.45) is 0.597. The molecule has 2 aromatic carbocycles. The molecule has 0 radical (unpaired) electrons. The first-order valence-corrected chi connectivity index (χ1v) is 9.80. The summed E-state index contributed by atoms with van der Waals surface area (Å²) < 4.78 is 52.2. The van der Waals surface area contributed by atoms with Gasteiger partial charge in [0.05, 0.1) is 0 Å². The molecule has 4 rings (SSSR count). The minimum absolute atomic E-state index is 0.0556. The van der Waals surface area contributed by atoms with Gasteiger partial charge in [-0.15, -0.1) is 0 Å². The minimum Gasteiger partial charge on any atom is -0.478 e. The molecule has 0 aliphatic carbocycles. The van der Waals surface area contributed by atoms with Crippen molar-refractivity contribution >= 4 is 5.97 Å². The van der Waals surface area contributed by atoms with Gasteiger partial charge in [0, 0.05) is 24.0 Å². The molecule has 4 aromatic rings. The zero-order valence-corrected chi connectivity index (χ0v) is 17.2. The number of carbonyl (C=O) groups is 1. The molecule has 0 saturated carbocycles. The van der Waals surface area contributed by atoms with Crippen LogP contribution in [0.15, 0.2) is 78.9 Å². The monoisotopic (exact) mass is 454 g/mol. The Kier molecular flexibility index (Phi) is 7.86. The number of carboxylic acid groups (broad SMARTS) is 1. The summed E-state index contributed by atoms with van der Waals surface area (Å²) in [7, 11) is 0. The van der Waals surface area contributed by atoms with Crippen molar-refractivity contribution in [3.63, 3.8) is 0 Å². The van der Waals surface area contributed by atoms with E-state index in [4.69, 9.17) is 5.11 Å². The van der Waals surface area contributed by atoms with E-state index in [2.05, 4.69) is 9.97 Å². The van der Waals surface area contributed by atoms with Crippen molar-refractivity contribution in [1.29, 1.82) is 0 Å². The molecule has 0 saturated heterocycles. The maximum absolute atomic E-state index is 13.4. The molecular formula is C25H18F4N2O2. The van der Waals surface area contributed by atoms with Crippen molar-refractivity contribution in [1.82, 2.24) is 9.97 Å². The van der Waals surface area contributed by atoms with Crippen LogP contribution in [0.1, 0.15) is 32.6 Å². The van der Waals surface area contributed by atoms with Crippen LogP contribution in [0.3, 0.4) is 0 Å². The predicted molar refractivity (Wildman–Crippen MR) is 114 cm³/mol. The lowest BCUT2D eigenvalue weighted by Crippen LogP contribution is -2.07. The minimum atomic E-state index is -1.46. The van der Waals surface area contributed by atoms with E-state index < -0.39 is 35.3 Å². The van der Waals surface area contributed by atoms with Crippen LogP contribution in [0.25, 0.3) is 0 Å². The molecule has 0 aliphatic rings. The van der Waals surface area contributed by atoms with Crippen molar-refractivity contribution in [2.75, 3.05) is 0 Å². The fourth-order valence-corrected chi connectivity index (χ4v) is 2.99. The summed E-state index contributed by atoms with van der Waals surface area (Å²) in [5, 5.41) is 8.74. The first-order valence-electron chi connectivity index (χ1n) is 9.80. The summed E-state index contributed by atoms with van der Waals surface area (Å²) >= 11 is 0. The lowest BCUT2D eigenvalue weighted by atomic mass is 10.0. The van der Waals surface area contributed by atoms with Crippen molar-refractivity contribution in [3.05, 3.63) is 130 Å². The number of nitrogens with zero attached hydrogens (tertiary/aromatic N) is 2. The molecule has 2 heterocycles. The largest absolute Gasteiger partial charge is 0.478 e. The first-order chi connectivity index (χ1) is 15.8. The van der Waals surface area contributed by atoms with Crippen LogP contribution in [0.5, 0.6) is 0 Å². The van der Waals surface area contributed by atoms with Crippen LogP contribution >= 0.6 is 0 Å². The second-order valence-corrected chi connectivity index (χ2v) is 6.99. The smallest absolute Gasteiger partial charge is 0.340 e. The number of hydrogen-bond acceptors (Lipinski definition) is 3. The average Bonchev–Trinajstić information content (AvgIpc) is 2.79. The van der Waals surface area contributed by atoms with E-state index in [9.17, 15) is 22.4 Å². The Bertz CT molecular complexity index is 1240. The fraction of sp³-hybridized carbons (Fsp3) is 0.0800. The number of hydrogen-bond donors (Lipinski definition) is 1. The third kappa shape index (κ3) is 6.70. The molecule has 0 atom stereocenters. The summed E-state index contributed by atoms with van der Waals surface area (Å²) in [6.45, 7) is 0. The van der Waals surface area contributed by atoms with Crippen LogP contribution in [0.4, 0.5) is 17.6 Å². The van der Waals surface area contributed by atoms with Gasteiger partial charge in [-0.3, -0.25) is 0 Å². The second kappa shape index (κ2) is 11.0. The van der Waals surface area contributed by atoms with Gasteiger partial charge in [-0.05, 0) is 29.3 Å². The molecule has 0 fully saturated rings. The highest BCUT2D eigenvalue weighted by molar-refractivity contribution is 5.87. The zero-order valence-electron chi connectivity index (χ0n) is 17.2. The molecule has 0 unspecified atom stereocenters. The van der Waals surface area contributed by atoms with E-state index in [1.807, 2.05) is 36.4 Å². The summed E-state index contributed by atoms with van der Waals surface area (Å²) in [5.41, 5.74) is 1.61. The topological polar surface area (TPSA) is 63.1 Å². The standard InChI is InChI=1S/C13H9F2NO2.C12H9F2N/c14-11-9(6-8-4-2-1-3-5-8)7-10(13(17)18)12(15)16-11;13-11-7-6-10(12(14)15-11)8-9-4-2-1-3-5-9/h1-5,7H,6H2,(H,17,18);1-7H,8H2. The van der Waals surface area contributed by atoms with Crippen molar-refractivity contribution in [2.45, 2.75) is 12.8 Å². The van der Waals surface area contributed by atoms with Crippen LogP contribution in [0, 0.1) is 23.8 Å². The van der Waals surface area contributed by atoms with Gasteiger partial charge in [-0.2, -0.15) is 27.5 Å². The Balaban J connectivity index is 0.000000189. The molecule has 2 aromatic heterocycles. The lowest BCUT2D eigenvalue weighted by Gasteiger charge is -2.05. The van der Waals surface area contributed by atoms with Gasteiger partial charge in [-0.25, -0.2) is 4.79 Å². The molecule has 0 amide bonds. The third-order valence-electron chi connectivity index (χ3n) is 4.60. The number of halogens is 4. The summed E-state index contributed by atoms with van der Waals surface area (Å²) in [5.74, 6) is -5.28. The maximum Gasteiger partial charge on any atom is 0.340 e. The van der Waals surface area contributed by atoms with E-state index in [1.165, 1.54) is 12.1 Å². The quantitative estimate of drug-likeness (QED) is 0.315. The molecule has 1 N–H and O–H groups in total. The Morgan fingerprint density at radius 2 is 1.18 bits per heavy atom. The number of aromatic carboxylic acids is 1. The van der Waals surface area contributed by atoms with Crippen LogP contribution < -0.4 is 0 Å². The van der Waals surface area contributed by atoms with Gasteiger partial charge in [0.25, 0.3) is 0 Å². The van der Waals surface area contributed by atoms with Crippen molar-refractivity contribution in [2.24, 2.45) is 0 Å². The highest BCUT2D eigenvalue weighted by Gasteiger charge is 2.16. The van der Waals surface area contributed by atoms with Gasteiger partial charge >= 0.3 is 5.97 Å². The van der Waals surface area contributed by atoms with E-state index in [-0.39, 0.29) is 12.0 Å². The second-order valence-electron chi connectivity index (χ2n) is 6.99. The molecule has 0 bridgehead atoms. The normalized spacial score (nSPS) is 10.3. The molecular weight excluding hydrogens is 436 g/mol. The number of aromatic nitrogens is 2. The average molecular weight is 454 g/mol. The van der Waals surface area contributed by atoms with Crippen molar-refractivity contribution in [3.8, 4) is 0 Å². The van der Waals surface area contributed by atoms with Gasteiger partial charge in [0.15, 0.2) is 0 Å². The zero-order chi connectivity index (χ0) is 23.8. The predicted octanol–water partition coefficient (Wildman–Crippen LogP) is 5.60. The summed E-state index contributed by atoms with van der Waals surface area (Å²) in [6, 6.07) is 21.9. The van der Waals surface area contributed by atoms with E-state index in [0.29, 0.717) is 12.0 Å². The first kappa shape index (κ1) is 23.6. The van der Waals surface area contributed by atoms with Gasteiger partial charge in [0.1, 0.15) is 5.56 Å². The van der Waals surface area contributed by atoms with Crippen LogP contribution in [0.2, 0.25) is 0 Å². The Hall–Kier alpha value is -4.07. The molecule has 0 aliphatic heterocycles. The summed E-state index contributed by atoms with van der Waals surface area (Å²) in [4.78, 5) is 16.8. The van der Waals surface area contributed by atoms with E-state index in [0.717, 1.165) is 17.2 Å². The molecule has 33 heavy (non-hydrogen) atoms. The number of benzene rings is 2. The molecule has 0 spiro atoms. The Labute approximate surface area is 187 Å². The van der Waals surface area contributed by atoms with Gasteiger partial charge in [0.2, 0.25) is 23.8 Å². The molecule has 4 nitrogen and oxygen atoms in total. The van der Waals surface area contributed by atoms with E-state index >= 15 is 0 Å². The molecule has 168 valence electrons. The van der Waals surface area contributed by atoms with Crippen LogP contribution in [-0.2, 0) is 12.8 Å². The highest BCUT2D eigenvalue weighted by Crippen LogP contribution is 2.16. The lowest BCUT2D eigenvalue weighted by molar-refractivity contribution is 0.0690. The number of pyridine rings is 2. The number of rotatable bonds is 5. The van der Waals surface area contributed by atoms with Crippen molar-refractivity contribution < 1.29 is 27.5 Å². The Morgan fingerprint density at radius 3 is 1.70 bits per heavy atom. The van der Waals surface area contributed by atoms with Gasteiger partial charge in [-0.1, -0.05) is 60.7 Å². The van der Waals surface area contributed by atoms with Crippen LogP contribution in [-0.4, -0.2) is 21.0 Å². The SMILES string of the molecule is Fc1ccc(Cc2ccccc2)c(F)n1.O=C(O)c1cc(Cc2ccccc2)c(F)nc1F. The molecule has 8 heteroatoms. The van der Waals surface area contributed by atoms with Gasteiger partial charge < -0.3 is 5.11 Å². The highest BCUT2D eigenvalue weighted by atomic mass is 19.1. The third-order valence-corrected chi connectivity index (χ3v) is 4.60. The fourth-order valence-electron chi connectivity index (χ4n) is 2.99. The van der Waals surface area contributed by atoms with E-state index in [1.54, 1.807) is 24.3 Å². The maximum atomic E-state index is 13.4.